The van der Waals surface area contributed by atoms with Crippen LogP contribution in [0.1, 0.15) is 13.8 Å². The first-order chi connectivity index (χ1) is 19.2. The summed E-state index contributed by atoms with van der Waals surface area (Å²) in [6, 6.07) is 35.5. The molecule has 0 spiro atoms. The van der Waals surface area contributed by atoms with Crippen molar-refractivity contribution in [3.05, 3.63) is 147 Å². The fraction of sp³-hybridized carbons (Fsp3) is 0.0588. The molecule has 0 saturated carbocycles. The largest absolute Gasteiger partial charge is 0.306 e. The van der Waals surface area contributed by atoms with Crippen LogP contribution in [0.3, 0.4) is 0 Å². The van der Waals surface area contributed by atoms with Gasteiger partial charge in [0.25, 0.3) is 0 Å². The Labute approximate surface area is 235 Å². The van der Waals surface area contributed by atoms with Gasteiger partial charge in [-0.2, -0.15) is 0 Å². The number of fused-ring (bicyclic) bond motifs is 2. The summed E-state index contributed by atoms with van der Waals surface area (Å²) >= 11 is 1.81. The predicted octanol–water partition coefficient (Wildman–Crippen LogP) is 9.81. The van der Waals surface area contributed by atoms with E-state index in [4.69, 9.17) is 0 Å². The zero-order chi connectivity index (χ0) is 27.5. The van der Waals surface area contributed by atoms with E-state index in [0.29, 0.717) is 0 Å². The standard InChI is InChI=1S/C26H18N4S.C4H8.C4H6/c1-2-10-19(11-3-1)20-18-29(28-27-20)21-12-4-5-13-22(21)30-23-14-6-8-16-25(23)31-26-17-9-7-15-24(26)30;2*1-3-4-2/h1-18H;3-4H,1-2H3;3-4H,1-2H2/b;4-3-;. The van der Waals surface area contributed by atoms with E-state index in [-0.39, 0.29) is 0 Å². The summed E-state index contributed by atoms with van der Waals surface area (Å²) in [5, 5.41) is 8.89. The van der Waals surface area contributed by atoms with Crippen LogP contribution in [0.15, 0.2) is 157 Å². The molecule has 194 valence electrons. The van der Waals surface area contributed by atoms with Gasteiger partial charge in [-0.1, -0.05) is 121 Å². The Morgan fingerprint density at radius 2 is 1.10 bits per heavy atom. The first kappa shape index (κ1) is 27.4. The van der Waals surface area contributed by atoms with Gasteiger partial charge in [0, 0.05) is 15.4 Å². The lowest BCUT2D eigenvalue weighted by Gasteiger charge is -2.33. The molecule has 6 rings (SSSR count). The molecule has 0 radical (unpaired) electrons. The number of allylic oxidation sites excluding steroid dienone is 4. The second-order valence-corrected chi connectivity index (χ2v) is 9.50. The van der Waals surface area contributed by atoms with Crippen molar-refractivity contribution in [2.24, 2.45) is 0 Å². The van der Waals surface area contributed by atoms with Gasteiger partial charge >= 0.3 is 0 Å². The molecule has 4 aromatic carbocycles. The van der Waals surface area contributed by atoms with Crippen molar-refractivity contribution in [1.29, 1.82) is 0 Å². The maximum atomic E-state index is 4.47. The van der Waals surface area contributed by atoms with Crippen molar-refractivity contribution in [2.75, 3.05) is 4.90 Å². The zero-order valence-electron chi connectivity index (χ0n) is 22.3. The van der Waals surface area contributed by atoms with Crippen molar-refractivity contribution in [2.45, 2.75) is 23.6 Å². The summed E-state index contributed by atoms with van der Waals surface area (Å²) in [5.74, 6) is 0. The number of anilines is 3. The minimum Gasteiger partial charge on any atom is -0.306 e. The van der Waals surface area contributed by atoms with Crippen LogP contribution in [0.2, 0.25) is 0 Å². The molecule has 0 bridgehead atoms. The van der Waals surface area contributed by atoms with Crippen molar-refractivity contribution in [3.63, 3.8) is 0 Å². The van der Waals surface area contributed by atoms with Crippen LogP contribution < -0.4 is 4.90 Å². The van der Waals surface area contributed by atoms with E-state index in [9.17, 15) is 0 Å². The second-order valence-electron chi connectivity index (χ2n) is 8.41. The zero-order valence-corrected chi connectivity index (χ0v) is 23.1. The van der Waals surface area contributed by atoms with Gasteiger partial charge in [-0.05, 0) is 50.2 Å². The molecular weight excluding hydrogens is 496 g/mol. The smallest absolute Gasteiger partial charge is 0.113 e. The Morgan fingerprint density at radius 1 is 0.615 bits per heavy atom. The third-order valence-electron chi connectivity index (χ3n) is 5.86. The van der Waals surface area contributed by atoms with Gasteiger partial charge in [0.15, 0.2) is 0 Å². The van der Waals surface area contributed by atoms with Gasteiger partial charge in [-0.3, -0.25) is 0 Å². The van der Waals surface area contributed by atoms with Crippen LogP contribution >= 0.6 is 11.8 Å². The van der Waals surface area contributed by atoms with E-state index in [1.165, 1.54) is 21.2 Å². The van der Waals surface area contributed by atoms with Crippen molar-refractivity contribution in [1.82, 2.24) is 15.0 Å². The SMILES string of the molecule is C/C=C\C.C=CC=C.c1ccc(-c2cn(-c3ccccc3N3c4ccccc4Sc4ccccc43)nn2)cc1. The highest BCUT2D eigenvalue weighted by Crippen LogP contribution is 2.52. The molecule has 0 N–H and O–H groups in total. The van der Waals surface area contributed by atoms with E-state index >= 15 is 0 Å². The molecule has 0 amide bonds. The number of aromatic nitrogens is 3. The molecule has 0 atom stereocenters. The Bertz CT molecular complexity index is 1500. The average Bonchev–Trinajstić information content (AvgIpc) is 3.51. The molecule has 0 aliphatic carbocycles. The van der Waals surface area contributed by atoms with E-state index in [1.807, 2.05) is 72.9 Å². The van der Waals surface area contributed by atoms with E-state index in [1.54, 1.807) is 12.2 Å². The number of nitrogens with zero attached hydrogens (tertiary/aromatic N) is 4. The summed E-state index contributed by atoms with van der Waals surface area (Å²) in [7, 11) is 0. The van der Waals surface area contributed by atoms with Crippen molar-refractivity contribution < 1.29 is 0 Å². The van der Waals surface area contributed by atoms with Gasteiger partial charge < -0.3 is 4.90 Å². The lowest BCUT2D eigenvalue weighted by Crippen LogP contribution is -2.17. The Morgan fingerprint density at radius 3 is 1.64 bits per heavy atom. The predicted molar refractivity (Wildman–Crippen MR) is 166 cm³/mol. The molecule has 2 heterocycles. The minimum atomic E-state index is 0.852. The minimum absolute atomic E-state index is 0.852. The highest BCUT2D eigenvalue weighted by molar-refractivity contribution is 7.99. The highest BCUT2D eigenvalue weighted by Gasteiger charge is 2.26. The summed E-state index contributed by atoms with van der Waals surface area (Å²) in [6.07, 6.45) is 9.27. The molecular formula is C34H32N4S. The van der Waals surface area contributed by atoms with Gasteiger partial charge in [0.2, 0.25) is 0 Å². The summed E-state index contributed by atoms with van der Waals surface area (Å²) in [4.78, 5) is 4.79. The van der Waals surface area contributed by atoms with Gasteiger partial charge in [-0.25, -0.2) is 4.68 Å². The quantitative estimate of drug-likeness (QED) is 0.168. The normalized spacial score (nSPS) is 11.3. The van der Waals surface area contributed by atoms with Crippen LogP contribution in [-0.2, 0) is 0 Å². The van der Waals surface area contributed by atoms with Crippen LogP contribution in [0.25, 0.3) is 16.9 Å². The third-order valence-corrected chi connectivity index (χ3v) is 6.99. The van der Waals surface area contributed by atoms with Crippen LogP contribution in [-0.4, -0.2) is 15.0 Å². The topological polar surface area (TPSA) is 34.0 Å². The molecule has 5 heteroatoms. The Hall–Kier alpha value is -4.61. The van der Waals surface area contributed by atoms with Crippen molar-refractivity contribution >= 4 is 28.8 Å². The lowest BCUT2D eigenvalue weighted by molar-refractivity contribution is 0.803. The lowest BCUT2D eigenvalue weighted by atomic mass is 10.1. The first-order valence-corrected chi connectivity index (χ1v) is 13.6. The summed E-state index contributed by atoms with van der Waals surface area (Å²) in [5.41, 5.74) is 6.28. The molecule has 1 aliphatic rings. The molecule has 0 unspecified atom stereocenters. The number of hydrogen-bond donors (Lipinski definition) is 0. The second kappa shape index (κ2) is 13.8. The van der Waals surface area contributed by atoms with Gasteiger partial charge in [0.05, 0.1) is 28.9 Å². The first-order valence-electron chi connectivity index (χ1n) is 12.8. The molecule has 5 aromatic rings. The number of hydrogen-bond acceptors (Lipinski definition) is 4. The van der Waals surface area contributed by atoms with Crippen LogP contribution in [0.5, 0.6) is 0 Å². The molecule has 1 aliphatic heterocycles. The van der Waals surface area contributed by atoms with Crippen molar-refractivity contribution in [3.8, 4) is 16.9 Å². The number of para-hydroxylation sites is 4. The van der Waals surface area contributed by atoms with Gasteiger partial charge in [0.1, 0.15) is 5.69 Å². The molecule has 0 saturated heterocycles. The van der Waals surface area contributed by atoms with Crippen LogP contribution in [0, 0.1) is 0 Å². The molecule has 4 nitrogen and oxygen atoms in total. The van der Waals surface area contributed by atoms with Crippen LogP contribution in [0.4, 0.5) is 17.1 Å². The fourth-order valence-electron chi connectivity index (χ4n) is 3.93. The summed E-state index contributed by atoms with van der Waals surface area (Å²) in [6.45, 7) is 10.7. The number of rotatable bonds is 4. The third kappa shape index (κ3) is 6.46. The molecule has 39 heavy (non-hydrogen) atoms. The van der Waals surface area contributed by atoms with E-state index in [2.05, 4.69) is 107 Å². The maximum Gasteiger partial charge on any atom is 0.113 e. The Balaban J connectivity index is 0.000000392. The number of benzene rings is 4. The average molecular weight is 529 g/mol. The molecule has 0 fully saturated rings. The monoisotopic (exact) mass is 528 g/mol. The van der Waals surface area contributed by atoms with Gasteiger partial charge in [-0.15, -0.1) is 5.10 Å². The summed E-state index contributed by atoms with van der Waals surface area (Å²) < 4.78 is 1.87. The highest BCUT2D eigenvalue weighted by atomic mass is 32.2. The van der Waals surface area contributed by atoms with E-state index in [0.717, 1.165) is 22.6 Å². The fourth-order valence-corrected chi connectivity index (χ4v) is 4.99. The van der Waals surface area contributed by atoms with E-state index < -0.39 is 0 Å². The molecule has 1 aromatic heterocycles. The Kier molecular flexibility index (Phi) is 9.70. The maximum absolute atomic E-state index is 4.47.